The fraction of sp³-hybridized carbons (Fsp3) is 0. The van der Waals surface area contributed by atoms with Gasteiger partial charge in [-0.3, -0.25) is 4.79 Å². The lowest BCUT2D eigenvalue weighted by Gasteiger charge is -1.94. The van der Waals surface area contributed by atoms with Crippen LogP contribution in [-0.2, 0) is 0 Å². The first-order valence-electron chi connectivity index (χ1n) is 7.03. The predicted octanol–water partition coefficient (Wildman–Crippen LogP) is 3.27. The molecule has 0 aliphatic carbocycles. The molecule has 0 saturated heterocycles. The molecule has 4 aromatic rings. The summed E-state index contributed by atoms with van der Waals surface area (Å²) in [5.74, 6) is 0.120. The van der Waals surface area contributed by atoms with E-state index in [2.05, 4.69) is 26.0 Å². The Kier molecular flexibility index (Phi) is 3.74. The molecule has 0 fully saturated rings. The van der Waals surface area contributed by atoms with E-state index in [1.807, 2.05) is 24.3 Å². The molecule has 2 aromatic heterocycles. The molecule has 7 heteroatoms. The monoisotopic (exact) mass is 401 g/mol. The number of rotatable bonds is 2. The Morgan fingerprint density at radius 3 is 2.58 bits per heavy atom. The van der Waals surface area contributed by atoms with Crippen molar-refractivity contribution in [3.05, 3.63) is 79.3 Å². The molecule has 0 saturated carbocycles. The SMILES string of the molecule is O=c1/c(=C/c2ccccc2F)sc2nc(-c3ccc(Br)cc3)nn12. The number of halogens is 2. The van der Waals surface area contributed by atoms with Crippen molar-refractivity contribution in [1.29, 1.82) is 0 Å². The fourth-order valence-corrected chi connectivity index (χ4v) is 3.45. The Bertz CT molecular complexity index is 1150. The third-order valence-corrected chi connectivity index (χ3v) is 4.96. The smallest absolute Gasteiger partial charge is 0.266 e. The van der Waals surface area contributed by atoms with Gasteiger partial charge in [0.2, 0.25) is 4.96 Å². The maximum atomic E-state index is 13.7. The number of benzene rings is 2. The lowest BCUT2D eigenvalue weighted by molar-refractivity contribution is 0.625. The third-order valence-electron chi connectivity index (χ3n) is 3.48. The lowest BCUT2D eigenvalue weighted by atomic mass is 10.2. The highest BCUT2D eigenvalue weighted by Crippen LogP contribution is 2.19. The molecule has 0 unspecified atom stereocenters. The molecule has 2 aromatic carbocycles. The molecule has 4 nitrogen and oxygen atoms in total. The minimum atomic E-state index is -0.369. The highest BCUT2D eigenvalue weighted by molar-refractivity contribution is 9.10. The summed E-state index contributed by atoms with van der Waals surface area (Å²) in [7, 11) is 0. The highest BCUT2D eigenvalue weighted by Gasteiger charge is 2.12. The number of fused-ring (bicyclic) bond motifs is 1. The van der Waals surface area contributed by atoms with Crippen LogP contribution in [0, 0.1) is 5.82 Å². The van der Waals surface area contributed by atoms with Gasteiger partial charge in [-0.05, 0) is 24.3 Å². The van der Waals surface area contributed by atoms with Crippen LogP contribution in [0.25, 0.3) is 22.4 Å². The van der Waals surface area contributed by atoms with Gasteiger partial charge in [-0.2, -0.15) is 9.50 Å². The van der Waals surface area contributed by atoms with E-state index >= 15 is 0 Å². The molecule has 0 radical (unpaired) electrons. The fourth-order valence-electron chi connectivity index (χ4n) is 2.29. The van der Waals surface area contributed by atoms with Crippen LogP contribution in [0.4, 0.5) is 4.39 Å². The number of hydrogen-bond donors (Lipinski definition) is 0. The molecule has 0 aliphatic heterocycles. The first kappa shape index (κ1) is 15.2. The second kappa shape index (κ2) is 5.92. The quantitative estimate of drug-likeness (QED) is 0.517. The Labute approximate surface area is 148 Å². The van der Waals surface area contributed by atoms with Crippen molar-refractivity contribution in [3.8, 4) is 11.4 Å². The van der Waals surface area contributed by atoms with Gasteiger partial charge in [0.15, 0.2) is 5.82 Å². The molecule has 0 bridgehead atoms. The van der Waals surface area contributed by atoms with Crippen LogP contribution in [-0.4, -0.2) is 14.6 Å². The maximum absolute atomic E-state index is 13.7. The van der Waals surface area contributed by atoms with E-state index in [0.717, 1.165) is 10.0 Å². The third kappa shape index (κ3) is 2.65. The zero-order valence-electron chi connectivity index (χ0n) is 12.1. The van der Waals surface area contributed by atoms with E-state index in [0.29, 0.717) is 20.9 Å². The van der Waals surface area contributed by atoms with E-state index in [1.54, 1.807) is 18.2 Å². The van der Waals surface area contributed by atoms with Crippen molar-refractivity contribution in [2.45, 2.75) is 0 Å². The molecule has 2 heterocycles. The summed E-state index contributed by atoms with van der Waals surface area (Å²) < 4.78 is 16.4. The molecule has 118 valence electrons. The van der Waals surface area contributed by atoms with E-state index in [9.17, 15) is 9.18 Å². The summed E-state index contributed by atoms with van der Waals surface area (Å²) in [6.45, 7) is 0. The molecule has 0 aliphatic rings. The second-order valence-corrected chi connectivity index (χ2v) is 7.00. The largest absolute Gasteiger partial charge is 0.291 e. The van der Waals surface area contributed by atoms with Crippen molar-refractivity contribution < 1.29 is 4.39 Å². The van der Waals surface area contributed by atoms with Crippen LogP contribution in [0.3, 0.4) is 0 Å². The van der Waals surface area contributed by atoms with E-state index in [-0.39, 0.29) is 11.4 Å². The van der Waals surface area contributed by atoms with Gasteiger partial charge in [0.25, 0.3) is 5.56 Å². The maximum Gasteiger partial charge on any atom is 0.291 e. The van der Waals surface area contributed by atoms with Crippen molar-refractivity contribution in [3.63, 3.8) is 0 Å². The van der Waals surface area contributed by atoms with Crippen molar-refractivity contribution in [2.75, 3.05) is 0 Å². The van der Waals surface area contributed by atoms with Gasteiger partial charge in [-0.1, -0.05) is 57.6 Å². The summed E-state index contributed by atoms with van der Waals surface area (Å²) in [5.41, 5.74) is 0.898. The van der Waals surface area contributed by atoms with Crippen LogP contribution in [0.5, 0.6) is 0 Å². The Hall–Kier alpha value is -2.38. The summed E-state index contributed by atoms with van der Waals surface area (Å²) in [5, 5.41) is 4.27. The van der Waals surface area contributed by atoms with E-state index < -0.39 is 0 Å². The minimum absolute atomic E-state index is 0.297. The average Bonchev–Trinajstić information content (AvgIpc) is 3.11. The van der Waals surface area contributed by atoms with Crippen molar-refractivity contribution >= 4 is 38.3 Å². The first-order valence-corrected chi connectivity index (χ1v) is 8.64. The van der Waals surface area contributed by atoms with Crippen LogP contribution in [0.15, 0.2) is 57.8 Å². The Morgan fingerprint density at radius 2 is 1.88 bits per heavy atom. The normalized spacial score (nSPS) is 12.2. The second-order valence-electron chi connectivity index (χ2n) is 5.07. The topological polar surface area (TPSA) is 47.3 Å². The summed E-state index contributed by atoms with van der Waals surface area (Å²) in [4.78, 5) is 17.3. The number of thiazole rings is 1. The number of nitrogens with zero attached hydrogens (tertiary/aromatic N) is 3. The standard InChI is InChI=1S/C17H9BrFN3OS/c18-12-7-5-10(6-8-12)15-20-17-22(21-15)16(23)14(24-17)9-11-3-1-2-4-13(11)19/h1-9H/b14-9-. The highest BCUT2D eigenvalue weighted by atomic mass is 79.9. The van der Waals surface area contributed by atoms with Gasteiger partial charge in [-0.25, -0.2) is 4.39 Å². The van der Waals surface area contributed by atoms with E-state index in [1.165, 1.54) is 28.0 Å². The average molecular weight is 402 g/mol. The lowest BCUT2D eigenvalue weighted by Crippen LogP contribution is -2.23. The van der Waals surface area contributed by atoms with Gasteiger partial charge in [0.05, 0.1) is 4.53 Å². The molecule has 0 atom stereocenters. The van der Waals surface area contributed by atoms with Gasteiger partial charge >= 0.3 is 0 Å². The molecule has 0 N–H and O–H groups in total. The Morgan fingerprint density at radius 1 is 1.12 bits per heavy atom. The van der Waals surface area contributed by atoms with Gasteiger partial charge in [0, 0.05) is 15.6 Å². The van der Waals surface area contributed by atoms with Crippen LogP contribution in [0.2, 0.25) is 0 Å². The van der Waals surface area contributed by atoms with E-state index in [4.69, 9.17) is 0 Å². The molecule has 4 rings (SSSR count). The Balaban J connectivity index is 1.83. The minimum Gasteiger partial charge on any atom is -0.266 e. The molecular formula is C17H9BrFN3OS. The zero-order valence-corrected chi connectivity index (χ0v) is 14.5. The molecule has 24 heavy (non-hydrogen) atoms. The van der Waals surface area contributed by atoms with Crippen LogP contribution < -0.4 is 10.1 Å². The van der Waals surface area contributed by atoms with Crippen molar-refractivity contribution in [2.24, 2.45) is 0 Å². The van der Waals surface area contributed by atoms with Crippen molar-refractivity contribution in [1.82, 2.24) is 14.6 Å². The molecule has 0 amide bonds. The number of aromatic nitrogens is 3. The summed E-state index contributed by atoms with van der Waals surface area (Å²) in [6.07, 6.45) is 1.53. The van der Waals surface area contributed by atoms with Crippen LogP contribution in [0.1, 0.15) is 5.56 Å². The van der Waals surface area contributed by atoms with Gasteiger partial charge in [0.1, 0.15) is 5.82 Å². The summed E-state index contributed by atoms with van der Waals surface area (Å²) >= 11 is 4.57. The number of hydrogen-bond acceptors (Lipinski definition) is 4. The van der Waals surface area contributed by atoms with Crippen LogP contribution >= 0.6 is 27.3 Å². The van der Waals surface area contributed by atoms with Gasteiger partial charge < -0.3 is 0 Å². The molecule has 0 spiro atoms. The first-order chi connectivity index (χ1) is 11.6. The zero-order chi connectivity index (χ0) is 16.7. The van der Waals surface area contributed by atoms with Gasteiger partial charge in [-0.15, -0.1) is 5.10 Å². The summed E-state index contributed by atoms with van der Waals surface area (Å²) in [6, 6.07) is 13.8. The molecular weight excluding hydrogens is 393 g/mol. The predicted molar refractivity (Wildman–Crippen MR) is 95.5 cm³/mol.